The van der Waals surface area contributed by atoms with Gasteiger partial charge in [-0.05, 0) is 13.0 Å². The lowest BCUT2D eigenvalue weighted by Crippen LogP contribution is -2.32. The van der Waals surface area contributed by atoms with Crippen LogP contribution < -0.4 is 0 Å². The Morgan fingerprint density at radius 1 is 1.46 bits per heavy atom. The lowest BCUT2D eigenvalue weighted by Gasteiger charge is -2.19. The Kier molecular flexibility index (Phi) is 2.73. The van der Waals surface area contributed by atoms with Gasteiger partial charge >= 0.3 is 5.97 Å². The van der Waals surface area contributed by atoms with Gasteiger partial charge in [-0.15, -0.1) is 0 Å². The maximum atomic E-state index is 10.7. The molecule has 4 heteroatoms. The Balaban J connectivity index is 3.22. The van der Waals surface area contributed by atoms with E-state index in [2.05, 4.69) is 15.9 Å². The van der Waals surface area contributed by atoms with Gasteiger partial charge in [0.25, 0.3) is 0 Å². The summed E-state index contributed by atoms with van der Waals surface area (Å²) in [6, 6.07) is 6.69. The van der Waals surface area contributed by atoms with E-state index in [0.29, 0.717) is 10.0 Å². The Morgan fingerprint density at radius 2 is 2.00 bits per heavy atom. The van der Waals surface area contributed by atoms with Crippen molar-refractivity contribution in [2.75, 3.05) is 0 Å². The third kappa shape index (κ3) is 1.89. The van der Waals surface area contributed by atoms with Crippen LogP contribution in [0.15, 0.2) is 28.7 Å². The molecule has 1 aromatic rings. The lowest BCUT2D eigenvalue weighted by atomic mass is 9.96. The third-order valence-electron chi connectivity index (χ3n) is 1.81. The van der Waals surface area contributed by atoms with Crippen molar-refractivity contribution in [2.24, 2.45) is 0 Å². The summed E-state index contributed by atoms with van der Waals surface area (Å²) in [6.07, 6.45) is 0. The molecular weight excluding hydrogens is 236 g/mol. The van der Waals surface area contributed by atoms with Gasteiger partial charge in [0.1, 0.15) is 0 Å². The first-order valence-corrected chi connectivity index (χ1v) is 4.46. The summed E-state index contributed by atoms with van der Waals surface area (Å²) >= 11 is 3.18. The molecular formula is C9H9BrO3. The van der Waals surface area contributed by atoms with Gasteiger partial charge in [-0.1, -0.05) is 34.1 Å². The van der Waals surface area contributed by atoms with Gasteiger partial charge in [0.2, 0.25) is 0 Å². The Hall–Kier alpha value is -0.870. The summed E-state index contributed by atoms with van der Waals surface area (Å²) in [5.41, 5.74) is -1.50. The molecule has 0 fully saturated rings. The smallest absolute Gasteiger partial charge is 0.340 e. The molecule has 0 aliphatic rings. The number of benzene rings is 1. The van der Waals surface area contributed by atoms with Crippen LogP contribution >= 0.6 is 15.9 Å². The minimum Gasteiger partial charge on any atom is -0.479 e. The predicted octanol–water partition coefficient (Wildman–Crippen LogP) is 1.74. The summed E-state index contributed by atoms with van der Waals surface area (Å²) in [7, 11) is 0. The maximum Gasteiger partial charge on any atom is 0.340 e. The van der Waals surface area contributed by atoms with Crippen molar-refractivity contribution in [1.29, 1.82) is 0 Å². The molecule has 70 valence electrons. The van der Waals surface area contributed by atoms with E-state index in [4.69, 9.17) is 5.11 Å². The SMILES string of the molecule is C[C@@](O)(C(=O)O)c1ccccc1Br. The monoisotopic (exact) mass is 244 g/mol. The molecule has 0 unspecified atom stereocenters. The topological polar surface area (TPSA) is 57.5 Å². The molecule has 0 saturated carbocycles. The Morgan fingerprint density at radius 3 is 2.46 bits per heavy atom. The standard InChI is InChI=1S/C9H9BrO3/c1-9(13,8(11)12)6-4-2-3-5-7(6)10/h2-5,13H,1H3,(H,11,12)/t9-/m0/s1. The summed E-state index contributed by atoms with van der Waals surface area (Å²) < 4.78 is 0.586. The van der Waals surface area contributed by atoms with Gasteiger partial charge in [0.15, 0.2) is 5.60 Å². The van der Waals surface area contributed by atoms with E-state index in [1.807, 2.05) is 0 Å². The van der Waals surface area contributed by atoms with E-state index in [-0.39, 0.29) is 0 Å². The highest BCUT2D eigenvalue weighted by atomic mass is 79.9. The van der Waals surface area contributed by atoms with Crippen LogP contribution in [0.25, 0.3) is 0 Å². The zero-order chi connectivity index (χ0) is 10.1. The number of carboxylic acid groups (broad SMARTS) is 1. The summed E-state index contributed by atoms with van der Waals surface area (Å²) in [5, 5.41) is 18.4. The van der Waals surface area contributed by atoms with Crippen LogP contribution in [0.1, 0.15) is 12.5 Å². The molecule has 1 atom stereocenters. The Bertz CT molecular complexity index is 333. The average molecular weight is 245 g/mol. The molecule has 13 heavy (non-hydrogen) atoms. The molecule has 2 N–H and O–H groups in total. The minimum atomic E-state index is -1.85. The number of carbonyl (C=O) groups is 1. The van der Waals surface area contributed by atoms with E-state index in [1.54, 1.807) is 24.3 Å². The van der Waals surface area contributed by atoms with Crippen LogP contribution in [0.3, 0.4) is 0 Å². The number of aliphatic hydroxyl groups is 1. The van der Waals surface area contributed by atoms with E-state index >= 15 is 0 Å². The fraction of sp³-hybridized carbons (Fsp3) is 0.222. The molecule has 0 aliphatic carbocycles. The largest absolute Gasteiger partial charge is 0.479 e. The van der Waals surface area contributed by atoms with Crippen molar-refractivity contribution in [1.82, 2.24) is 0 Å². The van der Waals surface area contributed by atoms with E-state index in [9.17, 15) is 9.90 Å². The minimum absolute atomic E-state index is 0.350. The van der Waals surface area contributed by atoms with Crippen LogP contribution in [0, 0.1) is 0 Å². The molecule has 0 saturated heterocycles. The zero-order valence-electron chi connectivity index (χ0n) is 6.99. The first-order chi connectivity index (χ1) is 5.96. The van der Waals surface area contributed by atoms with E-state index in [0.717, 1.165) is 0 Å². The molecule has 0 spiro atoms. The molecule has 0 heterocycles. The number of aliphatic carboxylic acids is 1. The maximum absolute atomic E-state index is 10.7. The quantitative estimate of drug-likeness (QED) is 0.834. The highest BCUT2D eigenvalue weighted by Gasteiger charge is 2.33. The number of hydrogen-bond donors (Lipinski definition) is 2. The van der Waals surface area contributed by atoms with Crippen molar-refractivity contribution in [3.8, 4) is 0 Å². The molecule has 0 radical (unpaired) electrons. The van der Waals surface area contributed by atoms with Crippen LogP contribution in [-0.4, -0.2) is 16.2 Å². The second-order valence-corrected chi connectivity index (χ2v) is 3.71. The lowest BCUT2D eigenvalue weighted by molar-refractivity contribution is -0.157. The van der Waals surface area contributed by atoms with Crippen LogP contribution in [0.2, 0.25) is 0 Å². The molecule has 0 aromatic heterocycles. The molecule has 3 nitrogen and oxygen atoms in total. The average Bonchev–Trinajstić information content (AvgIpc) is 2.04. The highest BCUT2D eigenvalue weighted by molar-refractivity contribution is 9.10. The number of rotatable bonds is 2. The second kappa shape index (κ2) is 3.47. The predicted molar refractivity (Wildman–Crippen MR) is 51.3 cm³/mol. The van der Waals surface area contributed by atoms with Crippen molar-refractivity contribution >= 4 is 21.9 Å². The molecule has 0 bridgehead atoms. The second-order valence-electron chi connectivity index (χ2n) is 2.86. The summed E-state index contributed by atoms with van der Waals surface area (Å²) in [5.74, 6) is -1.26. The number of carboxylic acids is 1. The Labute approximate surface area is 84.1 Å². The van der Waals surface area contributed by atoms with Gasteiger partial charge in [-0.25, -0.2) is 4.79 Å². The fourth-order valence-corrected chi connectivity index (χ4v) is 1.64. The number of halogens is 1. The highest BCUT2D eigenvalue weighted by Crippen LogP contribution is 2.27. The van der Waals surface area contributed by atoms with Gasteiger partial charge in [-0.3, -0.25) is 0 Å². The van der Waals surface area contributed by atoms with Gasteiger partial charge < -0.3 is 10.2 Å². The zero-order valence-corrected chi connectivity index (χ0v) is 8.58. The molecule has 1 aromatic carbocycles. The third-order valence-corrected chi connectivity index (χ3v) is 2.51. The van der Waals surface area contributed by atoms with Gasteiger partial charge in [0.05, 0.1) is 0 Å². The van der Waals surface area contributed by atoms with Crippen molar-refractivity contribution in [3.05, 3.63) is 34.3 Å². The van der Waals surface area contributed by atoms with E-state index < -0.39 is 11.6 Å². The van der Waals surface area contributed by atoms with E-state index in [1.165, 1.54) is 6.92 Å². The van der Waals surface area contributed by atoms with Gasteiger partial charge in [0, 0.05) is 10.0 Å². The first kappa shape index (κ1) is 10.2. The van der Waals surface area contributed by atoms with Crippen molar-refractivity contribution in [3.63, 3.8) is 0 Å². The molecule has 0 amide bonds. The van der Waals surface area contributed by atoms with Crippen LogP contribution in [0.5, 0.6) is 0 Å². The van der Waals surface area contributed by atoms with Crippen LogP contribution in [-0.2, 0) is 10.4 Å². The first-order valence-electron chi connectivity index (χ1n) is 3.67. The van der Waals surface area contributed by atoms with Crippen molar-refractivity contribution in [2.45, 2.75) is 12.5 Å². The molecule has 0 aliphatic heterocycles. The normalized spacial score (nSPS) is 15.0. The summed E-state index contributed by atoms with van der Waals surface area (Å²) in [4.78, 5) is 10.7. The van der Waals surface area contributed by atoms with Gasteiger partial charge in [-0.2, -0.15) is 0 Å². The molecule has 1 rings (SSSR count). The number of hydrogen-bond acceptors (Lipinski definition) is 2. The van der Waals surface area contributed by atoms with Crippen molar-refractivity contribution < 1.29 is 15.0 Å². The fourth-order valence-electron chi connectivity index (χ4n) is 0.971. The summed E-state index contributed by atoms with van der Waals surface area (Å²) in [6.45, 7) is 1.25. The van der Waals surface area contributed by atoms with Crippen LogP contribution in [0.4, 0.5) is 0 Å².